The molecular formula is C50H54O2. The van der Waals surface area contributed by atoms with E-state index in [9.17, 15) is 0 Å². The van der Waals surface area contributed by atoms with Gasteiger partial charge in [-0.2, -0.15) is 0 Å². The quantitative estimate of drug-likeness (QED) is 0.135. The number of ether oxygens (including phenoxy) is 2. The molecule has 0 heterocycles. The van der Waals surface area contributed by atoms with Crippen molar-refractivity contribution in [2.24, 2.45) is 0 Å². The fraction of sp³-hybridized carbons (Fsp3) is 0.280. The molecule has 0 aromatic heterocycles. The molecule has 266 valence electrons. The highest BCUT2D eigenvalue weighted by Crippen LogP contribution is 2.44. The van der Waals surface area contributed by atoms with Crippen LogP contribution in [0.15, 0.2) is 109 Å². The van der Waals surface area contributed by atoms with Crippen molar-refractivity contribution in [1.29, 1.82) is 0 Å². The first-order chi connectivity index (χ1) is 24.9. The summed E-state index contributed by atoms with van der Waals surface area (Å²) >= 11 is 0. The SMILES string of the molecule is CCc1cc(Cc2cc(CC)c(C)c(C)c2-c2cc(C(C)(C)c3ccc(Oc4ccc(C)cc4)cc3)ccc2Oc2ccc(C)cc2)cc(C)c1C. The average Bonchev–Trinajstić information content (AvgIpc) is 3.13. The van der Waals surface area contributed by atoms with E-state index >= 15 is 0 Å². The number of aryl methyl sites for hydroxylation is 5. The van der Waals surface area contributed by atoms with Gasteiger partial charge in [0.2, 0.25) is 0 Å². The maximum atomic E-state index is 6.78. The van der Waals surface area contributed by atoms with E-state index in [2.05, 4.69) is 166 Å². The van der Waals surface area contributed by atoms with E-state index in [1.165, 1.54) is 72.3 Å². The van der Waals surface area contributed by atoms with Crippen LogP contribution in [0.25, 0.3) is 11.1 Å². The number of rotatable bonds is 11. The van der Waals surface area contributed by atoms with E-state index in [-0.39, 0.29) is 5.41 Å². The maximum Gasteiger partial charge on any atom is 0.135 e. The van der Waals surface area contributed by atoms with Crippen LogP contribution in [0.3, 0.4) is 0 Å². The summed E-state index contributed by atoms with van der Waals surface area (Å²) in [5, 5.41) is 0. The van der Waals surface area contributed by atoms with Crippen molar-refractivity contribution in [3.63, 3.8) is 0 Å². The van der Waals surface area contributed by atoms with Crippen LogP contribution in [0.1, 0.15) is 94.5 Å². The second-order valence-corrected chi connectivity index (χ2v) is 15.1. The summed E-state index contributed by atoms with van der Waals surface area (Å²) in [6, 6.07) is 39.2. The largest absolute Gasteiger partial charge is 0.457 e. The first kappa shape index (κ1) is 36.7. The van der Waals surface area contributed by atoms with Crippen molar-refractivity contribution in [2.75, 3.05) is 0 Å². The molecular weight excluding hydrogens is 633 g/mol. The molecule has 0 fully saturated rings. The molecule has 0 aliphatic heterocycles. The highest BCUT2D eigenvalue weighted by atomic mass is 16.5. The zero-order chi connectivity index (χ0) is 37.2. The van der Waals surface area contributed by atoms with Crippen molar-refractivity contribution >= 4 is 0 Å². The Morgan fingerprint density at radius 3 is 1.58 bits per heavy atom. The van der Waals surface area contributed by atoms with Gasteiger partial charge in [0.1, 0.15) is 23.0 Å². The lowest BCUT2D eigenvalue weighted by atomic mass is 9.76. The summed E-state index contributed by atoms with van der Waals surface area (Å²) in [7, 11) is 0. The smallest absolute Gasteiger partial charge is 0.135 e. The van der Waals surface area contributed by atoms with Crippen LogP contribution in [0, 0.1) is 41.5 Å². The van der Waals surface area contributed by atoms with Crippen molar-refractivity contribution < 1.29 is 9.47 Å². The van der Waals surface area contributed by atoms with Crippen molar-refractivity contribution in [2.45, 2.75) is 93.9 Å². The summed E-state index contributed by atoms with van der Waals surface area (Å²) in [5.41, 5.74) is 18.0. The zero-order valence-electron chi connectivity index (χ0n) is 32.8. The summed E-state index contributed by atoms with van der Waals surface area (Å²) in [6.45, 7) is 22.4. The first-order valence-corrected chi connectivity index (χ1v) is 18.8. The monoisotopic (exact) mass is 686 g/mol. The highest BCUT2D eigenvalue weighted by molar-refractivity contribution is 5.80. The maximum absolute atomic E-state index is 6.78. The van der Waals surface area contributed by atoms with E-state index in [1.807, 2.05) is 12.1 Å². The molecule has 0 amide bonds. The Balaban J connectivity index is 1.48. The second kappa shape index (κ2) is 15.3. The molecule has 6 aromatic rings. The van der Waals surface area contributed by atoms with Gasteiger partial charge in [-0.3, -0.25) is 0 Å². The fourth-order valence-electron chi connectivity index (χ4n) is 7.43. The zero-order valence-corrected chi connectivity index (χ0v) is 32.8. The van der Waals surface area contributed by atoms with E-state index in [1.54, 1.807) is 0 Å². The molecule has 0 spiro atoms. The van der Waals surface area contributed by atoms with Crippen molar-refractivity contribution in [3.05, 3.63) is 176 Å². The predicted molar refractivity (Wildman–Crippen MR) is 220 cm³/mol. The summed E-state index contributed by atoms with van der Waals surface area (Å²) < 4.78 is 13.0. The predicted octanol–water partition coefficient (Wildman–Crippen LogP) is 13.8. The number of hydrogen-bond donors (Lipinski definition) is 0. The molecule has 6 aromatic carbocycles. The molecule has 0 aliphatic rings. The average molecular weight is 687 g/mol. The Morgan fingerprint density at radius 1 is 0.481 bits per heavy atom. The Bertz CT molecular complexity index is 2180. The van der Waals surface area contributed by atoms with Gasteiger partial charge in [-0.25, -0.2) is 0 Å². The highest BCUT2D eigenvalue weighted by Gasteiger charge is 2.27. The first-order valence-electron chi connectivity index (χ1n) is 18.8. The molecule has 0 unspecified atom stereocenters. The van der Waals surface area contributed by atoms with Crippen LogP contribution in [0.4, 0.5) is 0 Å². The minimum absolute atomic E-state index is 0.282. The van der Waals surface area contributed by atoms with Gasteiger partial charge in [-0.1, -0.05) is 99.5 Å². The summed E-state index contributed by atoms with van der Waals surface area (Å²) in [6.07, 6.45) is 2.89. The third-order valence-corrected chi connectivity index (χ3v) is 11.1. The minimum Gasteiger partial charge on any atom is -0.457 e. The molecule has 0 saturated heterocycles. The molecule has 0 N–H and O–H groups in total. The third-order valence-electron chi connectivity index (χ3n) is 11.1. The molecule has 0 saturated carbocycles. The lowest BCUT2D eigenvalue weighted by Crippen LogP contribution is -2.19. The van der Waals surface area contributed by atoms with Crippen LogP contribution in [-0.2, 0) is 24.7 Å². The summed E-state index contributed by atoms with van der Waals surface area (Å²) in [5.74, 6) is 3.38. The van der Waals surface area contributed by atoms with Gasteiger partial charge in [0, 0.05) is 11.0 Å². The van der Waals surface area contributed by atoms with Crippen LogP contribution in [-0.4, -0.2) is 0 Å². The van der Waals surface area contributed by atoms with Gasteiger partial charge in [0.15, 0.2) is 0 Å². The van der Waals surface area contributed by atoms with Crippen LogP contribution < -0.4 is 9.47 Å². The molecule has 2 heteroatoms. The molecule has 0 radical (unpaired) electrons. The molecule has 6 rings (SSSR count). The standard InChI is InChI=1S/C50H54O2/c1-11-39-28-38(27-34(5)35(39)6)29-41-30-40(12-2)36(7)37(8)49(41)47-31-43(19-26-48(47)52-46-22-15-33(4)16-23-46)50(9,10)42-17-24-45(25-18-42)51-44-20-13-32(3)14-21-44/h13-28,30-31H,11-12,29H2,1-10H3. The Labute approximate surface area is 312 Å². The fourth-order valence-corrected chi connectivity index (χ4v) is 7.43. The molecule has 52 heavy (non-hydrogen) atoms. The molecule has 0 aliphatic carbocycles. The molecule has 0 bridgehead atoms. The van der Waals surface area contributed by atoms with Gasteiger partial charge in [0.05, 0.1) is 0 Å². The Morgan fingerprint density at radius 2 is 1.00 bits per heavy atom. The lowest BCUT2D eigenvalue weighted by Gasteiger charge is -2.28. The van der Waals surface area contributed by atoms with Crippen LogP contribution in [0.5, 0.6) is 23.0 Å². The van der Waals surface area contributed by atoms with Gasteiger partial charge in [0.25, 0.3) is 0 Å². The van der Waals surface area contributed by atoms with Crippen molar-refractivity contribution in [1.82, 2.24) is 0 Å². The van der Waals surface area contributed by atoms with Gasteiger partial charge < -0.3 is 9.47 Å². The minimum atomic E-state index is -0.282. The van der Waals surface area contributed by atoms with Crippen LogP contribution in [0.2, 0.25) is 0 Å². The van der Waals surface area contributed by atoms with E-state index in [0.717, 1.165) is 47.8 Å². The number of benzene rings is 6. The normalized spacial score (nSPS) is 11.5. The lowest BCUT2D eigenvalue weighted by molar-refractivity contribution is 0.481. The third kappa shape index (κ3) is 7.72. The summed E-state index contributed by atoms with van der Waals surface area (Å²) in [4.78, 5) is 0. The van der Waals surface area contributed by atoms with E-state index < -0.39 is 0 Å². The Kier molecular flexibility index (Phi) is 10.8. The second-order valence-electron chi connectivity index (χ2n) is 15.1. The molecule has 2 nitrogen and oxygen atoms in total. The van der Waals surface area contributed by atoms with Gasteiger partial charge >= 0.3 is 0 Å². The van der Waals surface area contributed by atoms with Gasteiger partial charge in [-0.15, -0.1) is 0 Å². The Hall–Kier alpha value is -5.08. The van der Waals surface area contributed by atoms with Crippen LogP contribution >= 0.6 is 0 Å². The van der Waals surface area contributed by atoms with Crippen molar-refractivity contribution in [3.8, 4) is 34.1 Å². The number of hydrogen-bond acceptors (Lipinski definition) is 2. The molecule has 0 atom stereocenters. The van der Waals surface area contributed by atoms with E-state index in [4.69, 9.17) is 9.47 Å². The van der Waals surface area contributed by atoms with Gasteiger partial charge in [-0.05, 0) is 171 Å². The topological polar surface area (TPSA) is 18.5 Å². The van der Waals surface area contributed by atoms with E-state index in [0.29, 0.717) is 0 Å².